The zero-order chi connectivity index (χ0) is 13.8. The quantitative estimate of drug-likeness (QED) is 0.859. The van der Waals surface area contributed by atoms with Crippen molar-refractivity contribution in [2.24, 2.45) is 7.05 Å². The van der Waals surface area contributed by atoms with Crippen molar-refractivity contribution in [3.63, 3.8) is 0 Å². The summed E-state index contributed by atoms with van der Waals surface area (Å²) in [6.07, 6.45) is 3.17. The molecular formula is C13H14ClN3O2. The molecule has 1 N–H and O–H groups in total. The molecule has 5 nitrogen and oxygen atoms in total. The Morgan fingerprint density at radius 1 is 1.21 bits per heavy atom. The summed E-state index contributed by atoms with van der Waals surface area (Å²) in [6, 6.07) is 7.32. The van der Waals surface area contributed by atoms with Crippen LogP contribution in [0.2, 0.25) is 5.02 Å². The van der Waals surface area contributed by atoms with E-state index in [1.54, 1.807) is 31.6 Å². The topological polar surface area (TPSA) is 56.0 Å². The van der Waals surface area contributed by atoms with Crippen molar-refractivity contribution < 1.29 is 0 Å². The van der Waals surface area contributed by atoms with Gasteiger partial charge in [0, 0.05) is 43.2 Å². The largest absolute Gasteiger partial charge is 0.383 e. The Morgan fingerprint density at radius 3 is 2.74 bits per heavy atom. The highest BCUT2D eigenvalue weighted by Gasteiger charge is 2.01. The maximum Gasteiger partial charge on any atom is 0.316 e. The molecule has 1 aromatic heterocycles. The van der Waals surface area contributed by atoms with Crippen molar-refractivity contribution in [3.05, 3.63) is 62.4 Å². The summed E-state index contributed by atoms with van der Waals surface area (Å²) in [4.78, 5) is 23.1. The monoisotopic (exact) mass is 279 g/mol. The smallest absolute Gasteiger partial charge is 0.316 e. The number of aryl methyl sites for hydroxylation is 1. The fraction of sp³-hybridized carbons (Fsp3) is 0.231. The van der Waals surface area contributed by atoms with Gasteiger partial charge in [-0.25, -0.2) is 0 Å². The summed E-state index contributed by atoms with van der Waals surface area (Å²) in [7, 11) is 1.55. The van der Waals surface area contributed by atoms with Crippen LogP contribution in [-0.4, -0.2) is 15.7 Å². The second-order valence-electron chi connectivity index (χ2n) is 4.15. The first-order chi connectivity index (χ1) is 9.08. The van der Waals surface area contributed by atoms with Crippen molar-refractivity contribution >= 4 is 17.3 Å². The Kier molecular flexibility index (Phi) is 4.06. The highest BCUT2D eigenvalue weighted by molar-refractivity contribution is 6.30. The van der Waals surface area contributed by atoms with Gasteiger partial charge in [-0.2, -0.15) is 0 Å². The van der Waals surface area contributed by atoms with Crippen LogP contribution < -0.4 is 16.4 Å². The van der Waals surface area contributed by atoms with Crippen LogP contribution >= 0.6 is 11.6 Å². The van der Waals surface area contributed by atoms with Gasteiger partial charge in [0.2, 0.25) is 0 Å². The molecule has 0 spiro atoms. The lowest BCUT2D eigenvalue weighted by Gasteiger charge is -2.09. The summed E-state index contributed by atoms with van der Waals surface area (Å²) in [5.74, 6) is 0. The third kappa shape index (κ3) is 3.26. The average molecular weight is 280 g/mol. The van der Waals surface area contributed by atoms with E-state index in [1.165, 1.54) is 9.13 Å². The zero-order valence-corrected chi connectivity index (χ0v) is 11.2. The van der Waals surface area contributed by atoms with E-state index < -0.39 is 11.1 Å². The third-order valence-corrected chi connectivity index (χ3v) is 2.98. The number of halogens is 1. The highest BCUT2D eigenvalue weighted by atomic mass is 35.5. The molecule has 1 aromatic carbocycles. The van der Waals surface area contributed by atoms with Gasteiger partial charge < -0.3 is 14.5 Å². The van der Waals surface area contributed by atoms with Gasteiger partial charge in [0.05, 0.1) is 0 Å². The van der Waals surface area contributed by atoms with Crippen molar-refractivity contribution in [2.75, 3.05) is 11.9 Å². The van der Waals surface area contributed by atoms with E-state index in [2.05, 4.69) is 5.32 Å². The SMILES string of the molecule is Cn1ccn(CCNc2cccc(Cl)c2)c(=O)c1=O. The molecule has 6 heteroatoms. The molecule has 0 aliphatic carbocycles. The van der Waals surface area contributed by atoms with Gasteiger partial charge in [-0.05, 0) is 18.2 Å². The predicted molar refractivity (Wildman–Crippen MR) is 75.9 cm³/mol. The van der Waals surface area contributed by atoms with Crippen LogP contribution in [0.1, 0.15) is 0 Å². The first-order valence-corrected chi connectivity index (χ1v) is 6.21. The molecule has 0 bridgehead atoms. The van der Waals surface area contributed by atoms with E-state index in [0.717, 1.165) is 5.69 Å². The number of nitrogens with one attached hydrogen (secondary N) is 1. The van der Waals surface area contributed by atoms with Crippen LogP contribution in [0, 0.1) is 0 Å². The summed E-state index contributed by atoms with van der Waals surface area (Å²) < 4.78 is 2.66. The van der Waals surface area contributed by atoms with E-state index >= 15 is 0 Å². The van der Waals surface area contributed by atoms with E-state index in [9.17, 15) is 9.59 Å². The maximum absolute atomic E-state index is 11.7. The number of benzene rings is 1. The first-order valence-electron chi connectivity index (χ1n) is 5.83. The van der Waals surface area contributed by atoms with Crippen LogP contribution in [0.5, 0.6) is 0 Å². The molecule has 0 atom stereocenters. The Bertz CT molecular complexity index is 691. The number of aromatic nitrogens is 2. The molecule has 0 aliphatic rings. The number of rotatable bonds is 4. The summed E-state index contributed by atoms with van der Waals surface area (Å²) >= 11 is 5.86. The Labute approximate surface area is 115 Å². The van der Waals surface area contributed by atoms with Crippen molar-refractivity contribution in [3.8, 4) is 0 Å². The standard InChI is InChI=1S/C13H14ClN3O2/c1-16-7-8-17(13(19)12(16)18)6-5-15-11-4-2-3-10(14)9-11/h2-4,7-9,15H,5-6H2,1H3. The molecule has 1 heterocycles. The van der Waals surface area contributed by atoms with E-state index in [4.69, 9.17) is 11.6 Å². The molecule has 0 saturated heterocycles. The van der Waals surface area contributed by atoms with Crippen molar-refractivity contribution in [2.45, 2.75) is 6.54 Å². The minimum atomic E-state index is -0.523. The molecule has 0 saturated carbocycles. The van der Waals surface area contributed by atoms with Crippen molar-refractivity contribution in [1.29, 1.82) is 0 Å². The molecule has 2 aromatic rings. The van der Waals surface area contributed by atoms with Crippen LogP contribution in [-0.2, 0) is 13.6 Å². The maximum atomic E-state index is 11.7. The highest BCUT2D eigenvalue weighted by Crippen LogP contribution is 2.14. The predicted octanol–water partition coefficient (Wildman–Crippen LogP) is 1.31. The van der Waals surface area contributed by atoms with Gasteiger partial charge in [0.1, 0.15) is 0 Å². The number of hydrogen-bond donors (Lipinski definition) is 1. The van der Waals surface area contributed by atoms with Gasteiger partial charge in [-0.15, -0.1) is 0 Å². The second kappa shape index (κ2) is 5.75. The minimum absolute atomic E-state index is 0.418. The van der Waals surface area contributed by atoms with E-state index in [1.807, 2.05) is 12.1 Å². The number of anilines is 1. The lowest BCUT2D eigenvalue weighted by atomic mass is 10.3. The van der Waals surface area contributed by atoms with Crippen LogP contribution in [0.15, 0.2) is 46.2 Å². The molecule has 2 rings (SSSR count). The molecule has 19 heavy (non-hydrogen) atoms. The first kappa shape index (κ1) is 13.4. The van der Waals surface area contributed by atoms with Gasteiger partial charge in [-0.1, -0.05) is 17.7 Å². The molecule has 0 unspecified atom stereocenters. The zero-order valence-electron chi connectivity index (χ0n) is 10.5. The fourth-order valence-electron chi connectivity index (χ4n) is 1.68. The van der Waals surface area contributed by atoms with Gasteiger partial charge in [-0.3, -0.25) is 9.59 Å². The lowest BCUT2D eigenvalue weighted by Crippen LogP contribution is -2.40. The van der Waals surface area contributed by atoms with E-state index in [-0.39, 0.29) is 0 Å². The van der Waals surface area contributed by atoms with E-state index in [0.29, 0.717) is 18.1 Å². The van der Waals surface area contributed by atoms with Crippen molar-refractivity contribution in [1.82, 2.24) is 9.13 Å². The third-order valence-electron chi connectivity index (χ3n) is 2.74. The number of hydrogen-bond acceptors (Lipinski definition) is 3. The molecule has 0 aliphatic heterocycles. The Balaban J connectivity index is 2.02. The summed E-state index contributed by atoms with van der Waals surface area (Å²) in [5, 5.41) is 3.79. The Morgan fingerprint density at radius 2 is 2.00 bits per heavy atom. The number of nitrogens with zero attached hydrogens (tertiary/aromatic N) is 2. The van der Waals surface area contributed by atoms with Gasteiger partial charge in [0.15, 0.2) is 0 Å². The Hall–Kier alpha value is -2.01. The van der Waals surface area contributed by atoms with Crippen LogP contribution in [0.4, 0.5) is 5.69 Å². The minimum Gasteiger partial charge on any atom is -0.383 e. The van der Waals surface area contributed by atoms with Gasteiger partial charge in [0.25, 0.3) is 0 Å². The molecule has 0 amide bonds. The molecule has 0 fully saturated rings. The normalized spacial score (nSPS) is 10.4. The lowest BCUT2D eigenvalue weighted by molar-refractivity contribution is 0.656. The summed E-state index contributed by atoms with van der Waals surface area (Å²) in [6.45, 7) is 0.953. The average Bonchev–Trinajstić information content (AvgIpc) is 2.39. The second-order valence-corrected chi connectivity index (χ2v) is 4.59. The fourth-order valence-corrected chi connectivity index (χ4v) is 1.88. The van der Waals surface area contributed by atoms with Crippen LogP contribution in [0.25, 0.3) is 0 Å². The van der Waals surface area contributed by atoms with Gasteiger partial charge >= 0.3 is 11.1 Å². The molecule has 0 radical (unpaired) electrons. The van der Waals surface area contributed by atoms with Crippen LogP contribution in [0.3, 0.4) is 0 Å². The molecular weight excluding hydrogens is 266 g/mol. The molecule has 100 valence electrons. The summed E-state index contributed by atoms with van der Waals surface area (Å²) in [5.41, 5.74) is -0.160.